The fraction of sp³-hybridized carbons (Fsp3) is 0. The Labute approximate surface area is 657 Å². The third-order valence-electron chi connectivity index (χ3n) is 22.8. The molecule has 0 radical (unpaired) electrons. The normalized spacial score (nSPS) is 11.6. The molecule has 0 aliphatic heterocycles. The van der Waals surface area contributed by atoms with Crippen molar-refractivity contribution in [3.63, 3.8) is 0 Å². The van der Waals surface area contributed by atoms with Gasteiger partial charge >= 0.3 is 0 Å². The Balaban J connectivity index is 0.000000143. The summed E-state index contributed by atoms with van der Waals surface area (Å²) < 4.78 is 3.72. The van der Waals surface area contributed by atoms with Crippen molar-refractivity contribution in [3.8, 4) is 134 Å². The van der Waals surface area contributed by atoms with Crippen molar-refractivity contribution in [2.75, 3.05) is 0 Å². The van der Waals surface area contributed by atoms with Crippen LogP contribution < -0.4 is 11.1 Å². The van der Waals surface area contributed by atoms with Crippen LogP contribution in [-0.4, -0.2) is 18.8 Å². The quantitative estimate of drug-likeness (QED) is 0.122. The number of rotatable bonds is 12. The van der Waals surface area contributed by atoms with Crippen LogP contribution >= 0.6 is 0 Å². The minimum Gasteiger partial charge on any atom is -0.268 e. The van der Waals surface area contributed by atoms with Crippen LogP contribution in [0.4, 0.5) is 0 Å². The van der Waals surface area contributed by atoms with Crippen LogP contribution in [0.3, 0.4) is 0 Å². The first kappa shape index (κ1) is 66.9. The molecule has 0 aliphatic rings. The maximum atomic E-state index is 15.2. The lowest BCUT2D eigenvalue weighted by molar-refractivity contribution is 1.19. The summed E-state index contributed by atoms with van der Waals surface area (Å²) in [4.78, 5) is 41.1. The van der Waals surface area contributed by atoms with Crippen molar-refractivity contribution in [1.82, 2.24) is 18.8 Å². The Morgan fingerprint density at radius 1 is 0.184 bits per heavy atom. The highest BCUT2D eigenvalue weighted by Crippen LogP contribution is 2.48. The summed E-state index contributed by atoms with van der Waals surface area (Å²) in [6, 6.07) is 144. The smallest absolute Gasteiger partial charge is 0.264 e. The van der Waals surface area contributed by atoms with Crippen LogP contribution in [0.15, 0.2) is 422 Å². The van der Waals surface area contributed by atoms with E-state index in [1.807, 2.05) is 57.3 Å². The van der Waals surface area contributed by atoms with Gasteiger partial charge in [0.15, 0.2) is 0 Å². The molecule has 0 N–H and O–H groups in total. The molecular formula is C108H68N4O2. The number of hydrogen-bond acceptors (Lipinski definition) is 4. The van der Waals surface area contributed by atoms with Gasteiger partial charge in [-0.3, -0.25) is 18.4 Å². The summed E-state index contributed by atoms with van der Waals surface area (Å²) in [5.74, 6) is 0. The van der Waals surface area contributed by atoms with E-state index in [1.165, 1.54) is 0 Å². The molecule has 114 heavy (non-hydrogen) atoms. The highest BCUT2D eigenvalue weighted by atomic mass is 16.1. The molecule has 6 nitrogen and oxygen atoms in total. The topological polar surface area (TPSA) is 68.7 Å². The van der Waals surface area contributed by atoms with E-state index in [9.17, 15) is 0 Å². The van der Waals surface area contributed by atoms with Gasteiger partial charge in [-0.05, 0) is 170 Å². The van der Waals surface area contributed by atoms with E-state index in [0.717, 1.165) is 188 Å². The Kier molecular flexibility index (Phi) is 16.4. The largest absolute Gasteiger partial charge is 0.268 e. The van der Waals surface area contributed by atoms with Crippen molar-refractivity contribution in [2.45, 2.75) is 0 Å². The van der Waals surface area contributed by atoms with Gasteiger partial charge in [-0.2, -0.15) is 0 Å². The second-order valence-corrected chi connectivity index (χ2v) is 29.2. The second-order valence-electron chi connectivity index (χ2n) is 29.2. The summed E-state index contributed by atoms with van der Waals surface area (Å²) in [6.07, 6.45) is 0. The zero-order valence-corrected chi connectivity index (χ0v) is 61.9. The first-order chi connectivity index (χ1) is 56.5. The molecular weight excluding hydrogens is 1390 g/mol. The first-order valence-corrected chi connectivity index (χ1v) is 38.7. The van der Waals surface area contributed by atoms with Crippen molar-refractivity contribution in [2.24, 2.45) is 0 Å². The molecule has 0 bridgehead atoms. The zero-order chi connectivity index (χ0) is 75.7. The summed E-state index contributed by atoms with van der Waals surface area (Å²) >= 11 is 0. The van der Waals surface area contributed by atoms with Gasteiger partial charge in [0.1, 0.15) is 11.3 Å². The Morgan fingerprint density at radius 2 is 0.465 bits per heavy atom. The lowest BCUT2D eigenvalue weighted by Gasteiger charge is -2.16. The van der Waals surface area contributed by atoms with Crippen LogP contribution in [0.25, 0.3) is 210 Å². The van der Waals surface area contributed by atoms with E-state index in [-0.39, 0.29) is 11.1 Å². The third kappa shape index (κ3) is 11.3. The number of fused-ring (bicyclic) bond motifs is 8. The SMILES string of the molecule is O=c1c2ccc(-c3ccccc3-c3ccccc3)c3cccc(c32)c2nc3c(-c4ccccc4-c4ccccc4)cc(-c4ccccc4-c4ccccc4)cc3n12.O=c1c2ccc(-c3ccccc3-c3ccccc3)c3cccc(c32)c2nc3cc(-c4ccccc4-c4ccccc4)cc(-c4ccccc4-c4ccccc4)c3n12. The van der Waals surface area contributed by atoms with Gasteiger partial charge in [0.25, 0.3) is 11.1 Å². The number of pyridine rings is 2. The van der Waals surface area contributed by atoms with Crippen LogP contribution in [-0.2, 0) is 0 Å². The van der Waals surface area contributed by atoms with Crippen LogP contribution in [0.1, 0.15) is 0 Å². The van der Waals surface area contributed by atoms with Crippen molar-refractivity contribution >= 4 is 76.5 Å². The summed E-state index contributed by atoms with van der Waals surface area (Å²) in [6.45, 7) is 0. The van der Waals surface area contributed by atoms with Crippen molar-refractivity contribution < 1.29 is 0 Å². The predicted molar refractivity (Wildman–Crippen MR) is 476 cm³/mol. The summed E-state index contributed by atoms with van der Waals surface area (Å²) in [5, 5.41) is 7.19. The van der Waals surface area contributed by atoms with Crippen LogP contribution in [0.5, 0.6) is 0 Å². The van der Waals surface area contributed by atoms with E-state index in [4.69, 9.17) is 9.97 Å². The van der Waals surface area contributed by atoms with Crippen LogP contribution in [0, 0.1) is 0 Å². The van der Waals surface area contributed by atoms with E-state index in [0.29, 0.717) is 22.1 Å². The lowest BCUT2D eigenvalue weighted by atomic mass is 9.89. The zero-order valence-electron chi connectivity index (χ0n) is 61.9. The molecule has 532 valence electrons. The number of nitrogens with zero attached hydrogens (tertiary/aromatic N) is 4. The minimum absolute atomic E-state index is 0.0741. The molecule has 22 rings (SSSR count). The Morgan fingerprint density at radius 3 is 0.842 bits per heavy atom. The monoisotopic (exact) mass is 1450 g/mol. The molecule has 0 aliphatic carbocycles. The maximum absolute atomic E-state index is 15.2. The van der Waals surface area contributed by atoms with E-state index < -0.39 is 0 Å². The number of hydrogen-bond donors (Lipinski definition) is 0. The van der Waals surface area contributed by atoms with Gasteiger partial charge in [0.05, 0.1) is 22.1 Å². The maximum Gasteiger partial charge on any atom is 0.264 e. The second kappa shape index (κ2) is 28.0. The average Bonchev–Trinajstić information content (AvgIpc) is 1.52. The molecule has 6 heteroatoms. The molecule has 22 aromatic rings. The highest BCUT2D eigenvalue weighted by Gasteiger charge is 2.27. The molecule has 0 amide bonds. The molecule has 4 aromatic heterocycles. The molecule has 0 atom stereocenters. The minimum atomic E-state index is -0.0742. The number of aromatic nitrogens is 4. The van der Waals surface area contributed by atoms with Gasteiger partial charge in [-0.25, -0.2) is 9.97 Å². The van der Waals surface area contributed by atoms with E-state index >= 15 is 9.59 Å². The fourth-order valence-electron chi connectivity index (χ4n) is 17.7. The molecule has 0 spiro atoms. The van der Waals surface area contributed by atoms with Gasteiger partial charge in [-0.1, -0.05) is 376 Å². The van der Waals surface area contributed by atoms with Crippen molar-refractivity contribution in [3.05, 3.63) is 433 Å². The molecule has 18 aromatic carbocycles. The summed E-state index contributed by atoms with van der Waals surface area (Å²) in [7, 11) is 0. The van der Waals surface area contributed by atoms with Gasteiger partial charge in [0, 0.05) is 43.4 Å². The Bertz CT molecular complexity index is 7480. The fourth-order valence-corrected chi connectivity index (χ4v) is 17.7. The highest BCUT2D eigenvalue weighted by molar-refractivity contribution is 6.22. The standard InChI is InChI=1S/2C54H34N2O/c57-54-48-32-31-45(43-27-14-12-24-40(43)36-19-6-2-7-20-36)46-29-16-30-47(51(46)48)53-55-52-49(44-28-15-13-25-41(44)37-21-8-3-9-22-37)33-38(34-50(52)56(53)54)42-26-11-10-23-39(42)35-17-4-1-5-18-35;57-54-48-32-31-45(43-27-14-12-24-40(43)36-19-6-2-7-20-36)46-29-16-30-47(51(46)48)53-55-50-34-38(42-26-11-10-23-39(42)35-17-4-1-5-18-35)33-49(52(50)56(53)54)44-28-15-13-25-41(44)37-21-8-3-9-22-37/h2*1-34H. The number of benzene rings is 18. The first-order valence-electron chi connectivity index (χ1n) is 38.7. The lowest BCUT2D eigenvalue weighted by Crippen LogP contribution is -2.14. The van der Waals surface area contributed by atoms with E-state index in [2.05, 4.69) is 364 Å². The summed E-state index contributed by atoms with van der Waals surface area (Å²) in [5.41, 5.74) is 30.6. The molecule has 4 heterocycles. The molecule has 0 unspecified atom stereocenters. The van der Waals surface area contributed by atoms with Gasteiger partial charge < -0.3 is 0 Å². The predicted octanol–water partition coefficient (Wildman–Crippen LogP) is 27.2. The molecule has 0 fully saturated rings. The molecule has 0 saturated heterocycles. The molecule has 0 saturated carbocycles. The van der Waals surface area contributed by atoms with Gasteiger partial charge in [-0.15, -0.1) is 0 Å². The van der Waals surface area contributed by atoms with E-state index in [1.54, 1.807) is 0 Å². The third-order valence-corrected chi connectivity index (χ3v) is 22.8. The average molecular weight is 1450 g/mol. The number of imidazole rings is 2. The van der Waals surface area contributed by atoms with Gasteiger partial charge in [0.2, 0.25) is 0 Å². The Hall–Kier alpha value is -15.2. The van der Waals surface area contributed by atoms with Crippen molar-refractivity contribution in [1.29, 1.82) is 0 Å². The van der Waals surface area contributed by atoms with Crippen LogP contribution in [0.2, 0.25) is 0 Å².